The second-order valence-electron chi connectivity index (χ2n) is 4.18. The van der Waals surface area contributed by atoms with Gasteiger partial charge in [-0.2, -0.15) is 0 Å². The van der Waals surface area contributed by atoms with Crippen molar-refractivity contribution in [2.24, 2.45) is 0 Å². The van der Waals surface area contributed by atoms with E-state index in [1.807, 2.05) is 55.6 Å². The molecule has 2 aromatic rings. The molecule has 94 valence electrons. The lowest BCUT2D eigenvalue weighted by Crippen LogP contribution is -2.10. The molecule has 2 nitrogen and oxygen atoms in total. The lowest BCUT2D eigenvalue weighted by molar-refractivity contribution is 0.219. The van der Waals surface area contributed by atoms with Gasteiger partial charge in [-0.3, -0.25) is 0 Å². The first-order chi connectivity index (χ1) is 8.72. The van der Waals surface area contributed by atoms with Crippen LogP contribution in [0.5, 0.6) is 0 Å². The fraction of sp³-hybridized carbons (Fsp3) is 0.200. The van der Waals surface area contributed by atoms with Gasteiger partial charge in [-0.15, -0.1) is 0 Å². The van der Waals surface area contributed by atoms with Crippen molar-refractivity contribution < 1.29 is 5.11 Å². The lowest BCUT2D eigenvalue weighted by atomic mass is 9.97. The quantitative estimate of drug-likeness (QED) is 0.909. The summed E-state index contributed by atoms with van der Waals surface area (Å²) in [6.45, 7) is 0.754. The maximum absolute atomic E-state index is 10.4. The Labute approximate surface area is 116 Å². The number of aliphatic hydroxyl groups excluding tert-OH is 1. The van der Waals surface area contributed by atoms with Gasteiger partial charge in [0.1, 0.15) is 6.10 Å². The molecule has 3 heteroatoms. The summed E-state index contributed by atoms with van der Waals surface area (Å²) in [6.07, 6.45) is -0.581. The summed E-state index contributed by atoms with van der Waals surface area (Å²) < 4.78 is 1.02. The van der Waals surface area contributed by atoms with E-state index in [0.717, 1.165) is 27.7 Å². The highest BCUT2D eigenvalue weighted by Crippen LogP contribution is 2.26. The van der Waals surface area contributed by atoms with E-state index in [-0.39, 0.29) is 0 Å². The highest BCUT2D eigenvalue weighted by molar-refractivity contribution is 9.10. The fourth-order valence-corrected chi connectivity index (χ4v) is 2.24. The predicted octanol–water partition coefficient (Wildman–Crippen LogP) is 3.25. The zero-order chi connectivity index (χ0) is 13.0. The summed E-state index contributed by atoms with van der Waals surface area (Å²) in [5.41, 5.74) is 2.98. The Morgan fingerprint density at radius 2 is 1.78 bits per heavy atom. The largest absolute Gasteiger partial charge is 0.384 e. The van der Waals surface area contributed by atoms with Crippen molar-refractivity contribution in [2.45, 2.75) is 12.6 Å². The van der Waals surface area contributed by atoms with Gasteiger partial charge in [0.25, 0.3) is 0 Å². The minimum absolute atomic E-state index is 0.581. The zero-order valence-corrected chi connectivity index (χ0v) is 11.8. The van der Waals surface area contributed by atoms with E-state index in [0.29, 0.717) is 0 Å². The Morgan fingerprint density at radius 3 is 2.44 bits per heavy atom. The van der Waals surface area contributed by atoms with Gasteiger partial charge >= 0.3 is 0 Å². The van der Waals surface area contributed by atoms with Crippen molar-refractivity contribution in [3.8, 4) is 0 Å². The molecule has 0 heterocycles. The summed E-state index contributed by atoms with van der Waals surface area (Å²) in [6, 6.07) is 15.7. The molecule has 0 aliphatic carbocycles. The third kappa shape index (κ3) is 2.99. The number of aliphatic hydroxyl groups is 1. The first-order valence-corrected chi connectivity index (χ1v) is 6.67. The van der Waals surface area contributed by atoms with Gasteiger partial charge < -0.3 is 10.4 Å². The Balaban J connectivity index is 2.33. The molecule has 2 N–H and O–H groups in total. The molecule has 0 aliphatic heterocycles. The molecule has 18 heavy (non-hydrogen) atoms. The Morgan fingerprint density at radius 1 is 1.11 bits per heavy atom. The smallest absolute Gasteiger partial charge is 0.104 e. The van der Waals surface area contributed by atoms with E-state index in [1.54, 1.807) is 0 Å². The van der Waals surface area contributed by atoms with Gasteiger partial charge in [0, 0.05) is 11.0 Å². The minimum Gasteiger partial charge on any atom is -0.384 e. The molecule has 0 amide bonds. The van der Waals surface area contributed by atoms with Gasteiger partial charge in [-0.05, 0) is 35.9 Å². The Bertz CT molecular complexity index is 510. The third-order valence-electron chi connectivity index (χ3n) is 2.90. The molecule has 2 rings (SSSR count). The van der Waals surface area contributed by atoms with Crippen molar-refractivity contribution in [3.05, 3.63) is 69.7 Å². The van der Waals surface area contributed by atoms with Crippen LogP contribution in [0.25, 0.3) is 0 Å². The highest BCUT2D eigenvalue weighted by Gasteiger charge is 2.13. The summed E-state index contributed by atoms with van der Waals surface area (Å²) in [7, 11) is 1.91. The Hall–Kier alpha value is -1.16. The van der Waals surface area contributed by atoms with Gasteiger partial charge in [0.2, 0.25) is 0 Å². The zero-order valence-electron chi connectivity index (χ0n) is 10.2. The molecule has 0 spiro atoms. The lowest BCUT2D eigenvalue weighted by Gasteiger charge is -2.16. The van der Waals surface area contributed by atoms with Crippen molar-refractivity contribution in [2.75, 3.05) is 7.05 Å². The Kier molecular flexibility index (Phi) is 4.53. The van der Waals surface area contributed by atoms with E-state index in [9.17, 15) is 5.11 Å². The van der Waals surface area contributed by atoms with Gasteiger partial charge in [0.15, 0.2) is 0 Å². The topological polar surface area (TPSA) is 32.3 Å². The molecule has 0 bridgehead atoms. The molecule has 0 saturated heterocycles. The monoisotopic (exact) mass is 305 g/mol. The second kappa shape index (κ2) is 6.14. The molecule has 0 fully saturated rings. The summed E-state index contributed by atoms with van der Waals surface area (Å²) >= 11 is 3.40. The number of hydrogen-bond donors (Lipinski definition) is 2. The van der Waals surface area contributed by atoms with Crippen molar-refractivity contribution in [1.29, 1.82) is 0 Å². The first-order valence-electron chi connectivity index (χ1n) is 5.88. The average Bonchev–Trinajstić information content (AvgIpc) is 2.40. The molecule has 0 aliphatic rings. The van der Waals surface area contributed by atoms with Crippen LogP contribution in [0.15, 0.2) is 53.0 Å². The SMILES string of the molecule is CNCc1ccccc1[C@@H](O)c1ccc(Br)cc1. The standard InChI is InChI=1S/C15H16BrNO/c1-17-10-12-4-2-3-5-14(12)15(18)11-6-8-13(16)9-7-11/h2-9,15,17-18H,10H2,1H3/t15-/m0/s1. The molecule has 0 saturated carbocycles. The third-order valence-corrected chi connectivity index (χ3v) is 3.43. The van der Waals surface area contributed by atoms with E-state index >= 15 is 0 Å². The molecular formula is C15H16BrNO. The van der Waals surface area contributed by atoms with Crippen molar-refractivity contribution >= 4 is 15.9 Å². The maximum Gasteiger partial charge on any atom is 0.104 e. The van der Waals surface area contributed by atoms with E-state index in [4.69, 9.17) is 0 Å². The van der Waals surface area contributed by atoms with Crippen molar-refractivity contribution in [1.82, 2.24) is 5.32 Å². The highest BCUT2D eigenvalue weighted by atomic mass is 79.9. The van der Waals surface area contributed by atoms with Crippen LogP contribution in [0, 0.1) is 0 Å². The van der Waals surface area contributed by atoms with Crippen LogP contribution < -0.4 is 5.32 Å². The summed E-state index contributed by atoms with van der Waals surface area (Å²) in [4.78, 5) is 0. The van der Waals surface area contributed by atoms with Gasteiger partial charge in [-0.25, -0.2) is 0 Å². The van der Waals surface area contributed by atoms with Crippen molar-refractivity contribution in [3.63, 3.8) is 0 Å². The van der Waals surface area contributed by atoms with Crippen LogP contribution in [0.2, 0.25) is 0 Å². The average molecular weight is 306 g/mol. The van der Waals surface area contributed by atoms with E-state index < -0.39 is 6.10 Å². The normalized spacial score (nSPS) is 12.4. The number of hydrogen-bond acceptors (Lipinski definition) is 2. The van der Waals surface area contributed by atoms with E-state index in [1.165, 1.54) is 0 Å². The maximum atomic E-state index is 10.4. The van der Waals surface area contributed by atoms with Gasteiger partial charge in [0.05, 0.1) is 0 Å². The molecule has 0 unspecified atom stereocenters. The van der Waals surface area contributed by atoms with Crippen LogP contribution in [0.1, 0.15) is 22.8 Å². The van der Waals surface area contributed by atoms with Crippen LogP contribution in [0.3, 0.4) is 0 Å². The number of nitrogens with one attached hydrogen (secondary N) is 1. The summed E-state index contributed by atoms with van der Waals surface area (Å²) in [5.74, 6) is 0. The summed E-state index contributed by atoms with van der Waals surface area (Å²) in [5, 5.41) is 13.6. The molecular weight excluding hydrogens is 290 g/mol. The number of halogens is 1. The van der Waals surface area contributed by atoms with Crippen LogP contribution in [0.4, 0.5) is 0 Å². The fourth-order valence-electron chi connectivity index (χ4n) is 1.98. The van der Waals surface area contributed by atoms with Crippen LogP contribution in [-0.2, 0) is 6.54 Å². The predicted molar refractivity (Wildman–Crippen MR) is 77.4 cm³/mol. The molecule has 2 aromatic carbocycles. The van der Waals surface area contributed by atoms with E-state index in [2.05, 4.69) is 21.2 Å². The number of benzene rings is 2. The number of rotatable bonds is 4. The minimum atomic E-state index is -0.581. The molecule has 0 aromatic heterocycles. The second-order valence-corrected chi connectivity index (χ2v) is 5.10. The molecule has 0 radical (unpaired) electrons. The first kappa shape index (κ1) is 13.3. The molecule has 1 atom stereocenters. The van der Waals surface area contributed by atoms with Crippen LogP contribution >= 0.6 is 15.9 Å². The van der Waals surface area contributed by atoms with Gasteiger partial charge in [-0.1, -0.05) is 52.3 Å². The van der Waals surface area contributed by atoms with Crippen LogP contribution in [-0.4, -0.2) is 12.2 Å².